The van der Waals surface area contributed by atoms with Gasteiger partial charge in [0.25, 0.3) is 0 Å². The van der Waals surface area contributed by atoms with Gasteiger partial charge in [0.2, 0.25) is 0 Å². The predicted octanol–water partition coefficient (Wildman–Crippen LogP) is 2.55. The maximum atomic E-state index is 11.4. The van der Waals surface area contributed by atoms with Crippen molar-refractivity contribution >= 4 is 21.9 Å². The van der Waals surface area contributed by atoms with E-state index in [9.17, 15) is 4.79 Å². The number of methoxy groups -OCH3 is 2. The van der Waals surface area contributed by atoms with Crippen molar-refractivity contribution in [3.05, 3.63) is 27.7 Å². The predicted molar refractivity (Wildman–Crippen MR) is 56.8 cm³/mol. The number of hydrogen-bond donors (Lipinski definition) is 0. The lowest BCUT2D eigenvalue weighted by Gasteiger charge is -2.11. The quantitative estimate of drug-likeness (QED) is 0.765. The molecule has 0 aromatic heterocycles. The van der Waals surface area contributed by atoms with Gasteiger partial charge >= 0.3 is 5.97 Å². The van der Waals surface area contributed by atoms with Crippen molar-refractivity contribution < 1.29 is 14.3 Å². The Balaban J connectivity index is 3.37. The lowest BCUT2D eigenvalue weighted by Crippen LogP contribution is -2.06. The molecule has 0 aliphatic heterocycles. The summed E-state index contributed by atoms with van der Waals surface area (Å²) in [6.07, 6.45) is 0. The Kier molecular flexibility index (Phi) is 3.52. The van der Waals surface area contributed by atoms with Crippen LogP contribution in [0.3, 0.4) is 0 Å². The highest BCUT2D eigenvalue weighted by Gasteiger charge is 2.18. The van der Waals surface area contributed by atoms with Gasteiger partial charge in [-0.2, -0.15) is 0 Å². The number of rotatable bonds is 2. The summed E-state index contributed by atoms with van der Waals surface area (Å²) >= 11 is 3.28. The molecule has 0 heterocycles. The number of hydrogen-bond acceptors (Lipinski definition) is 3. The van der Waals surface area contributed by atoms with Crippen LogP contribution in [0.15, 0.2) is 16.6 Å². The molecule has 14 heavy (non-hydrogen) atoms. The van der Waals surface area contributed by atoms with Gasteiger partial charge in [0, 0.05) is 4.47 Å². The van der Waals surface area contributed by atoms with Gasteiger partial charge in [-0.1, -0.05) is 6.07 Å². The van der Waals surface area contributed by atoms with Crippen LogP contribution in [0.4, 0.5) is 0 Å². The average Bonchev–Trinajstić information content (AvgIpc) is 2.19. The SMILES string of the molecule is COC(=O)c1c(Br)ccc(C)c1OC. The molecule has 0 spiro atoms. The number of esters is 1. The maximum absolute atomic E-state index is 11.4. The Hall–Kier alpha value is -1.03. The molecule has 0 N–H and O–H groups in total. The molecule has 0 unspecified atom stereocenters. The van der Waals surface area contributed by atoms with Crippen LogP contribution in [-0.4, -0.2) is 20.2 Å². The van der Waals surface area contributed by atoms with Gasteiger partial charge in [0.1, 0.15) is 11.3 Å². The first-order valence-corrected chi connectivity index (χ1v) is 4.82. The van der Waals surface area contributed by atoms with E-state index in [1.54, 1.807) is 6.07 Å². The molecule has 0 fully saturated rings. The van der Waals surface area contributed by atoms with E-state index in [2.05, 4.69) is 20.7 Å². The topological polar surface area (TPSA) is 35.5 Å². The molecule has 0 radical (unpaired) electrons. The zero-order valence-electron chi connectivity index (χ0n) is 8.26. The summed E-state index contributed by atoms with van der Waals surface area (Å²) in [6, 6.07) is 3.67. The van der Waals surface area contributed by atoms with E-state index in [0.29, 0.717) is 15.8 Å². The molecule has 0 aliphatic carbocycles. The van der Waals surface area contributed by atoms with E-state index in [-0.39, 0.29) is 0 Å². The molecule has 4 heteroatoms. The molecule has 1 rings (SSSR count). The maximum Gasteiger partial charge on any atom is 0.342 e. The number of halogens is 1. The third-order valence-electron chi connectivity index (χ3n) is 1.90. The van der Waals surface area contributed by atoms with Crippen LogP contribution in [0.1, 0.15) is 15.9 Å². The van der Waals surface area contributed by atoms with E-state index in [1.807, 2.05) is 13.0 Å². The second-order valence-electron chi connectivity index (χ2n) is 2.76. The Morgan fingerprint density at radius 2 is 2.00 bits per heavy atom. The van der Waals surface area contributed by atoms with Crippen molar-refractivity contribution in [2.24, 2.45) is 0 Å². The standard InChI is InChI=1S/C10H11BrO3/c1-6-4-5-7(11)8(9(6)13-2)10(12)14-3/h4-5H,1-3H3. The molecule has 0 aliphatic rings. The van der Waals surface area contributed by atoms with E-state index >= 15 is 0 Å². The summed E-state index contributed by atoms with van der Waals surface area (Å²) in [4.78, 5) is 11.4. The molecule has 0 bridgehead atoms. The third-order valence-corrected chi connectivity index (χ3v) is 2.56. The summed E-state index contributed by atoms with van der Waals surface area (Å²) in [5, 5.41) is 0. The first-order chi connectivity index (χ1) is 6.61. The highest BCUT2D eigenvalue weighted by molar-refractivity contribution is 9.10. The Morgan fingerprint density at radius 1 is 1.36 bits per heavy atom. The molecule has 76 valence electrons. The van der Waals surface area contributed by atoms with Crippen LogP contribution in [-0.2, 0) is 4.74 Å². The summed E-state index contributed by atoms with van der Waals surface area (Å²) in [5.41, 5.74) is 1.33. The molecule has 3 nitrogen and oxygen atoms in total. The zero-order chi connectivity index (χ0) is 10.7. The van der Waals surface area contributed by atoms with Gasteiger partial charge in [-0.3, -0.25) is 0 Å². The van der Waals surface area contributed by atoms with Crippen LogP contribution in [0.2, 0.25) is 0 Å². The minimum atomic E-state index is -0.405. The molecule has 0 atom stereocenters. The van der Waals surface area contributed by atoms with Gasteiger partial charge in [0.05, 0.1) is 14.2 Å². The summed E-state index contributed by atoms with van der Waals surface area (Å²) in [7, 11) is 2.87. The molecular weight excluding hydrogens is 248 g/mol. The largest absolute Gasteiger partial charge is 0.496 e. The Morgan fingerprint density at radius 3 is 2.50 bits per heavy atom. The number of benzene rings is 1. The van der Waals surface area contributed by atoms with Crippen LogP contribution in [0.25, 0.3) is 0 Å². The van der Waals surface area contributed by atoms with E-state index < -0.39 is 5.97 Å². The van der Waals surface area contributed by atoms with E-state index in [0.717, 1.165) is 5.56 Å². The van der Waals surface area contributed by atoms with Crippen molar-refractivity contribution in [2.75, 3.05) is 14.2 Å². The molecule has 0 saturated heterocycles. The fourth-order valence-electron chi connectivity index (χ4n) is 1.22. The smallest absolute Gasteiger partial charge is 0.342 e. The monoisotopic (exact) mass is 258 g/mol. The first-order valence-electron chi connectivity index (χ1n) is 4.03. The third kappa shape index (κ3) is 1.90. The molecule has 0 saturated carbocycles. The minimum Gasteiger partial charge on any atom is -0.496 e. The molecule has 1 aromatic carbocycles. The second kappa shape index (κ2) is 4.46. The van der Waals surface area contributed by atoms with Gasteiger partial charge in [-0.05, 0) is 34.5 Å². The van der Waals surface area contributed by atoms with Crippen molar-refractivity contribution in [3.8, 4) is 5.75 Å². The number of carbonyl (C=O) groups is 1. The lowest BCUT2D eigenvalue weighted by atomic mass is 10.1. The van der Waals surface area contributed by atoms with Crippen LogP contribution in [0.5, 0.6) is 5.75 Å². The highest BCUT2D eigenvalue weighted by atomic mass is 79.9. The summed E-state index contributed by atoms with van der Waals surface area (Å²) in [6.45, 7) is 1.87. The number of ether oxygens (including phenoxy) is 2. The van der Waals surface area contributed by atoms with Crippen LogP contribution >= 0.6 is 15.9 Å². The van der Waals surface area contributed by atoms with Crippen molar-refractivity contribution in [2.45, 2.75) is 6.92 Å². The van der Waals surface area contributed by atoms with Gasteiger partial charge < -0.3 is 9.47 Å². The first kappa shape index (κ1) is 11.0. The van der Waals surface area contributed by atoms with Crippen LogP contribution in [0, 0.1) is 6.92 Å². The van der Waals surface area contributed by atoms with Crippen molar-refractivity contribution in [3.63, 3.8) is 0 Å². The average molecular weight is 259 g/mol. The molecule has 1 aromatic rings. The van der Waals surface area contributed by atoms with Gasteiger partial charge in [-0.15, -0.1) is 0 Å². The van der Waals surface area contributed by atoms with Gasteiger partial charge in [-0.25, -0.2) is 4.79 Å². The lowest BCUT2D eigenvalue weighted by molar-refractivity contribution is 0.0596. The highest BCUT2D eigenvalue weighted by Crippen LogP contribution is 2.30. The minimum absolute atomic E-state index is 0.405. The summed E-state index contributed by atoms with van der Waals surface area (Å²) < 4.78 is 10.5. The van der Waals surface area contributed by atoms with Crippen molar-refractivity contribution in [1.82, 2.24) is 0 Å². The second-order valence-corrected chi connectivity index (χ2v) is 3.62. The fraction of sp³-hybridized carbons (Fsp3) is 0.300. The van der Waals surface area contributed by atoms with Gasteiger partial charge in [0.15, 0.2) is 0 Å². The molecular formula is C10H11BrO3. The van der Waals surface area contributed by atoms with Crippen molar-refractivity contribution in [1.29, 1.82) is 0 Å². The number of carbonyl (C=O) groups excluding carboxylic acids is 1. The van der Waals surface area contributed by atoms with E-state index in [4.69, 9.17) is 4.74 Å². The zero-order valence-corrected chi connectivity index (χ0v) is 9.84. The normalized spacial score (nSPS) is 9.71. The van der Waals surface area contributed by atoms with E-state index in [1.165, 1.54) is 14.2 Å². The summed E-state index contributed by atoms with van der Waals surface area (Å²) in [5.74, 6) is 0.142. The number of aryl methyl sites for hydroxylation is 1. The fourth-order valence-corrected chi connectivity index (χ4v) is 1.69. The Bertz CT molecular complexity index is 361. The Labute approximate surface area is 91.1 Å². The molecule has 0 amide bonds. The van der Waals surface area contributed by atoms with Crippen LogP contribution < -0.4 is 4.74 Å².